The summed E-state index contributed by atoms with van der Waals surface area (Å²) in [5, 5.41) is 3.94. The number of benzene rings is 8. The average molecular weight is 643 g/mol. The Bertz CT molecular complexity index is 2890. The Labute approximate surface area is 298 Å². The zero-order chi connectivity index (χ0) is 37.6. The topological polar surface area (TPSA) is 38.7 Å². The number of hydrogen-bond donors (Lipinski definition) is 0. The van der Waals surface area contributed by atoms with Gasteiger partial charge in [0.1, 0.15) is 0 Å². The molecule has 234 valence electrons. The molecule has 9 rings (SSSR count). The largest absolute Gasteiger partial charge is 0.208 e. The van der Waals surface area contributed by atoms with Gasteiger partial charge in [0.2, 0.25) is 0 Å². The summed E-state index contributed by atoms with van der Waals surface area (Å²) in [6.45, 7) is 0. The molecule has 0 spiro atoms. The van der Waals surface area contributed by atoms with Crippen LogP contribution in [0.15, 0.2) is 188 Å². The number of nitrogens with zero attached hydrogens (tertiary/aromatic N) is 3. The molecule has 0 saturated carbocycles. The van der Waals surface area contributed by atoms with Crippen LogP contribution in [-0.4, -0.2) is 15.0 Å². The van der Waals surface area contributed by atoms with Gasteiger partial charge in [-0.1, -0.05) is 182 Å². The van der Waals surface area contributed by atoms with Gasteiger partial charge in [-0.15, -0.1) is 0 Å². The maximum atomic E-state index is 8.61. The van der Waals surface area contributed by atoms with Crippen LogP contribution in [0.4, 0.5) is 0 Å². The summed E-state index contributed by atoms with van der Waals surface area (Å²) in [6.07, 6.45) is 0. The fourth-order valence-electron chi connectivity index (χ4n) is 6.67. The van der Waals surface area contributed by atoms with Crippen molar-refractivity contribution in [1.29, 1.82) is 0 Å². The Morgan fingerprint density at radius 2 is 0.800 bits per heavy atom. The van der Waals surface area contributed by atoms with Gasteiger partial charge < -0.3 is 0 Å². The van der Waals surface area contributed by atoms with E-state index in [0.717, 1.165) is 60.5 Å². The van der Waals surface area contributed by atoms with E-state index in [1.54, 1.807) is 0 Å². The van der Waals surface area contributed by atoms with Crippen LogP contribution in [0.5, 0.6) is 0 Å². The van der Waals surface area contributed by atoms with Gasteiger partial charge in [-0.3, -0.25) is 0 Å². The van der Waals surface area contributed by atoms with Crippen molar-refractivity contribution in [3.8, 4) is 67.5 Å². The Hall–Kier alpha value is -6.71. The van der Waals surface area contributed by atoms with E-state index in [1.165, 1.54) is 0 Å². The van der Waals surface area contributed by atoms with Crippen LogP contribution < -0.4 is 0 Å². The molecule has 8 aromatic carbocycles. The van der Waals surface area contributed by atoms with Crippen LogP contribution in [-0.2, 0) is 0 Å². The lowest BCUT2D eigenvalue weighted by molar-refractivity contribution is 1.07. The summed E-state index contributed by atoms with van der Waals surface area (Å²) in [6, 6.07) is 51.0. The molecule has 0 fully saturated rings. The first-order valence-electron chi connectivity index (χ1n) is 19.0. The van der Waals surface area contributed by atoms with Crippen LogP contribution >= 0.6 is 0 Å². The molecule has 50 heavy (non-hydrogen) atoms. The van der Waals surface area contributed by atoms with Gasteiger partial charge in [0.15, 0.2) is 17.5 Å². The molecule has 0 radical (unpaired) electrons. The van der Waals surface area contributed by atoms with Crippen molar-refractivity contribution in [3.05, 3.63) is 188 Å². The smallest absolute Gasteiger partial charge is 0.164 e. The highest BCUT2D eigenvalue weighted by Gasteiger charge is 2.18. The molecule has 0 unspecified atom stereocenters. The molecule has 0 amide bonds. The fraction of sp³-hybridized carbons (Fsp3) is 0. The molecular formula is C47H31N3. The van der Waals surface area contributed by atoms with Crippen molar-refractivity contribution in [2.24, 2.45) is 0 Å². The summed E-state index contributed by atoms with van der Waals surface area (Å²) in [5.74, 6) is 1.70. The first kappa shape index (κ1) is 24.4. The molecule has 9 aromatic rings. The molecule has 0 N–H and O–H groups in total. The predicted octanol–water partition coefficient (Wildman–Crippen LogP) is 12.2. The van der Waals surface area contributed by atoms with Gasteiger partial charge in [0.05, 0.1) is 6.85 Å². The Kier molecular flexibility index (Phi) is 6.22. The molecule has 1 heterocycles. The average Bonchev–Trinajstić information content (AvgIpc) is 3.25. The zero-order valence-electron chi connectivity index (χ0n) is 31.9. The van der Waals surface area contributed by atoms with Crippen molar-refractivity contribution >= 4 is 21.5 Å². The second-order valence-electron chi connectivity index (χ2n) is 12.0. The van der Waals surface area contributed by atoms with E-state index >= 15 is 0 Å². The molecule has 3 heteroatoms. The van der Waals surface area contributed by atoms with Crippen LogP contribution in [0, 0.1) is 0 Å². The second-order valence-corrected chi connectivity index (χ2v) is 12.0. The van der Waals surface area contributed by atoms with Crippen molar-refractivity contribution in [2.45, 2.75) is 0 Å². The molecule has 0 aliphatic rings. The number of rotatable bonds is 6. The lowest BCUT2D eigenvalue weighted by Gasteiger charge is -2.15. The summed E-state index contributed by atoms with van der Waals surface area (Å²) < 4.78 is 41.8. The maximum Gasteiger partial charge on any atom is 0.164 e. The highest BCUT2D eigenvalue weighted by molar-refractivity contribution is 6.05. The van der Waals surface area contributed by atoms with E-state index < -0.39 is 6.04 Å². The molecule has 0 atom stereocenters. The third kappa shape index (κ3) is 5.41. The Morgan fingerprint density at radius 3 is 1.46 bits per heavy atom. The molecule has 0 saturated heterocycles. The lowest BCUT2D eigenvalue weighted by atomic mass is 9.92. The van der Waals surface area contributed by atoms with Crippen molar-refractivity contribution in [1.82, 2.24) is 15.0 Å². The van der Waals surface area contributed by atoms with E-state index in [2.05, 4.69) is 42.5 Å². The van der Waals surface area contributed by atoms with Crippen LogP contribution in [0.2, 0.25) is 0 Å². The lowest BCUT2D eigenvalue weighted by Crippen LogP contribution is -2.01. The van der Waals surface area contributed by atoms with E-state index in [0.29, 0.717) is 23.0 Å². The van der Waals surface area contributed by atoms with Gasteiger partial charge >= 0.3 is 0 Å². The van der Waals surface area contributed by atoms with Crippen LogP contribution in [0.1, 0.15) is 6.85 Å². The van der Waals surface area contributed by atoms with Crippen molar-refractivity contribution in [2.75, 3.05) is 0 Å². The first-order valence-corrected chi connectivity index (χ1v) is 16.5. The summed E-state index contributed by atoms with van der Waals surface area (Å²) in [4.78, 5) is 15.2. The quantitative estimate of drug-likeness (QED) is 0.181. The van der Waals surface area contributed by atoms with Crippen LogP contribution in [0.3, 0.4) is 0 Å². The molecule has 1 aromatic heterocycles. The third-order valence-electron chi connectivity index (χ3n) is 9.05. The van der Waals surface area contributed by atoms with Crippen molar-refractivity contribution in [3.63, 3.8) is 0 Å². The minimum Gasteiger partial charge on any atom is -0.208 e. The Balaban J connectivity index is 1.18. The van der Waals surface area contributed by atoms with E-state index in [9.17, 15) is 0 Å². The highest BCUT2D eigenvalue weighted by atomic mass is 15.0. The van der Waals surface area contributed by atoms with Gasteiger partial charge in [-0.25, -0.2) is 15.0 Å². The van der Waals surface area contributed by atoms with Gasteiger partial charge in [0, 0.05) is 22.3 Å². The molecule has 0 bridgehead atoms. The predicted molar refractivity (Wildman–Crippen MR) is 207 cm³/mol. The second kappa shape index (κ2) is 12.7. The van der Waals surface area contributed by atoms with Crippen molar-refractivity contribution < 1.29 is 6.85 Å². The maximum absolute atomic E-state index is 8.61. The number of aromatic nitrogens is 3. The number of fused-ring (bicyclic) bond motifs is 2. The minimum absolute atomic E-state index is 0.186. The minimum atomic E-state index is -0.408. The Morgan fingerprint density at radius 1 is 0.320 bits per heavy atom. The zero-order valence-corrected chi connectivity index (χ0v) is 26.9. The molecule has 3 nitrogen and oxygen atoms in total. The fourth-order valence-corrected chi connectivity index (χ4v) is 6.67. The molecule has 0 aliphatic heterocycles. The highest BCUT2D eigenvalue weighted by Crippen LogP contribution is 2.39. The monoisotopic (exact) mass is 642 g/mol. The van der Waals surface area contributed by atoms with E-state index in [4.69, 9.17) is 21.8 Å². The number of hydrogen-bond acceptors (Lipinski definition) is 3. The van der Waals surface area contributed by atoms with E-state index in [1.807, 2.05) is 115 Å². The van der Waals surface area contributed by atoms with Gasteiger partial charge in [-0.2, -0.15) is 0 Å². The SMILES string of the molecule is [2H]c1c([2H])c([2H])c(-c2ccc(-c3ccc(-c4nc(-c5ccccc5)nc(-c5ccc6ccccc6c5-c5ccccc5)n4)cc3)c3ccccc23)c([2H])c1[2H]. The van der Waals surface area contributed by atoms with Gasteiger partial charge in [-0.05, 0) is 55.4 Å². The molecular weight excluding hydrogens is 607 g/mol. The first-order chi connectivity index (χ1) is 26.9. The van der Waals surface area contributed by atoms with E-state index in [-0.39, 0.29) is 29.7 Å². The van der Waals surface area contributed by atoms with Gasteiger partial charge in [0.25, 0.3) is 0 Å². The van der Waals surface area contributed by atoms with Crippen LogP contribution in [0.25, 0.3) is 89.1 Å². The molecule has 0 aliphatic carbocycles. The summed E-state index contributed by atoms with van der Waals surface area (Å²) >= 11 is 0. The normalized spacial score (nSPS) is 12.6. The standard InChI is InChI=1S/C47H31N3/c1-4-14-32(15-5-1)38-30-31-39(42-23-13-12-22-41(38)42)34-24-26-37(27-25-34)46-48-45(36-19-8-3-9-20-36)49-47(50-46)43-29-28-33-16-10-11-21-40(33)44(43)35-17-6-2-7-18-35/h1-31H/i1D,4D,5D,14D,15D. The summed E-state index contributed by atoms with van der Waals surface area (Å²) in [7, 11) is 0. The third-order valence-corrected chi connectivity index (χ3v) is 9.05. The summed E-state index contributed by atoms with van der Waals surface area (Å²) in [5.41, 5.74) is 7.43.